The van der Waals surface area contributed by atoms with Gasteiger partial charge < -0.3 is 10.6 Å². The molecule has 0 spiro atoms. The molecule has 0 aromatic heterocycles. The van der Waals surface area contributed by atoms with Crippen LogP contribution in [0.4, 0.5) is 0 Å². The van der Waals surface area contributed by atoms with Crippen molar-refractivity contribution in [3.05, 3.63) is 0 Å². The first-order valence-electron chi connectivity index (χ1n) is 7.74. The monoisotopic (exact) mass is 251 g/mol. The van der Waals surface area contributed by atoms with Crippen LogP contribution in [0.15, 0.2) is 4.99 Å². The Labute approximate surface area is 112 Å². The number of likely N-dealkylation sites (tertiary alicyclic amines) is 1. The van der Waals surface area contributed by atoms with Crippen LogP contribution in [-0.2, 0) is 0 Å². The van der Waals surface area contributed by atoms with Gasteiger partial charge in [-0.1, -0.05) is 19.3 Å². The van der Waals surface area contributed by atoms with Crippen LogP contribution in [0.25, 0.3) is 0 Å². The summed E-state index contributed by atoms with van der Waals surface area (Å²) in [7, 11) is 2.22. The molecule has 2 N–H and O–H groups in total. The van der Waals surface area contributed by atoms with Crippen LogP contribution < -0.4 is 5.73 Å². The molecule has 2 fully saturated rings. The second-order valence-corrected chi connectivity index (χ2v) is 6.18. The minimum atomic E-state index is 0.594. The topological polar surface area (TPSA) is 41.6 Å². The molecule has 1 aliphatic heterocycles. The number of amidine groups is 1. The maximum absolute atomic E-state index is 6.13. The summed E-state index contributed by atoms with van der Waals surface area (Å²) in [6.07, 6.45) is 10.5. The van der Waals surface area contributed by atoms with Crippen molar-refractivity contribution in [1.29, 1.82) is 0 Å². The number of nitrogens with zero attached hydrogens (tertiary/aromatic N) is 2. The summed E-state index contributed by atoms with van der Waals surface area (Å²) in [6, 6.07) is 0. The summed E-state index contributed by atoms with van der Waals surface area (Å²) in [6.45, 7) is 3.47. The average molecular weight is 251 g/mol. The molecule has 1 aliphatic carbocycles. The predicted molar refractivity (Wildman–Crippen MR) is 77.9 cm³/mol. The molecule has 104 valence electrons. The van der Waals surface area contributed by atoms with Gasteiger partial charge in [0.15, 0.2) is 0 Å². The molecule has 1 heterocycles. The average Bonchev–Trinajstić information content (AvgIpc) is 2.42. The molecule has 2 rings (SSSR count). The first-order valence-corrected chi connectivity index (χ1v) is 7.74. The number of nitrogens with two attached hydrogens (primary N) is 1. The third kappa shape index (κ3) is 4.27. The van der Waals surface area contributed by atoms with E-state index in [0.717, 1.165) is 18.3 Å². The van der Waals surface area contributed by atoms with Crippen molar-refractivity contribution in [2.45, 2.75) is 51.4 Å². The number of rotatable bonds is 4. The third-order valence-corrected chi connectivity index (χ3v) is 4.69. The van der Waals surface area contributed by atoms with Gasteiger partial charge in [-0.05, 0) is 58.2 Å². The highest BCUT2D eigenvalue weighted by Crippen LogP contribution is 2.24. The van der Waals surface area contributed by atoms with Crippen molar-refractivity contribution in [2.75, 3.05) is 26.7 Å². The zero-order valence-electron chi connectivity index (χ0n) is 11.9. The fourth-order valence-corrected chi connectivity index (χ4v) is 3.25. The second-order valence-electron chi connectivity index (χ2n) is 6.18. The molecular formula is C15H29N3. The number of aliphatic imine (C=N–C) groups is 1. The molecule has 0 radical (unpaired) electrons. The van der Waals surface area contributed by atoms with Gasteiger partial charge in [-0.15, -0.1) is 0 Å². The van der Waals surface area contributed by atoms with Crippen molar-refractivity contribution < 1.29 is 0 Å². The fourth-order valence-electron chi connectivity index (χ4n) is 3.25. The van der Waals surface area contributed by atoms with Crippen LogP contribution in [-0.4, -0.2) is 37.4 Å². The Balaban J connectivity index is 1.66. The molecule has 3 nitrogen and oxygen atoms in total. The highest BCUT2D eigenvalue weighted by Gasteiger charge is 2.18. The maximum Gasteiger partial charge on any atom is 0.0968 e. The Morgan fingerprint density at radius 2 is 1.78 bits per heavy atom. The lowest BCUT2D eigenvalue weighted by molar-refractivity contribution is 0.214. The van der Waals surface area contributed by atoms with E-state index < -0.39 is 0 Å². The van der Waals surface area contributed by atoms with E-state index in [-0.39, 0.29) is 0 Å². The fraction of sp³-hybridized carbons (Fsp3) is 0.933. The van der Waals surface area contributed by atoms with E-state index in [1.54, 1.807) is 0 Å². The van der Waals surface area contributed by atoms with Crippen molar-refractivity contribution in [3.8, 4) is 0 Å². The maximum atomic E-state index is 6.13. The van der Waals surface area contributed by atoms with Gasteiger partial charge >= 0.3 is 0 Å². The Morgan fingerprint density at radius 1 is 1.11 bits per heavy atom. The van der Waals surface area contributed by atoms with Crippen LogP contribution in [0.5, 0.6) is 0 Å². The standard InChI is InChI=1S/C15H29N3/c1-18-11-8-13(9-12-18)7-10-17-15(16)14-5-3-2-4-6-14/h13-14H,2-12H2,1H3,(H2,16,17). The third-order valence-electron chi connectivity index (χ3n) is 4.69. The van der Waals surface area contributed by atoms with Crippen molar-refractivity contribution in [3.63, 3.8) is 0 Å². The normalized spacial score (nSPS) is 25.5. The van der Waals surface area contributed by atoms with Crippen molar-refractivity contribution in [1.82, 2.24) is 4.90 Å². The minimum absolute atomic E-state index is 0.594. The highest BCUT2D eigenvalue weighted by atomic mass is 15.1. The Bertz CT molecular complexity index is 261. The Hall–Kier alpha value is -0.570. The molecule has 0 amide bonds. The molecule has 0 aromatic carbocycles. The number of piperidine rings is 1. The lowest BCUT2D eigenvalue weighted by atomic mass is 9.88. The number of hydrogen-bond acceptors (Lipinski definition) is 2. The smallest absolute Gasteiger partial charge is 0.0968 e. The van der Waals surface area contributed by atoms with Gasteiger partial charge in [-0.2, -0.15) is 0 Å². The van der Waals surface area contributed by atoms with Crippen LogP contribution >= 0.6 is 0 Å². The number of hydrogen-bond donors (Lipinski definition) is 1. The van der Waals surface area contributed by atoms with E-state index in [1.807, 2.05) is 0 Å². The molecule has 3 heteroatoms. The molecule has 0 aromatic rings. The first-order chi connectivity index (χ1) is 8.75. The van der Waals surface area contributed by atoms with E-state index in [2.05, 4.69) is 16.9 Å². The summed E-state index contributed by atoms with van der Waals surface area (Å²) in [5, 5.41) is 0. The first kappa shape index (κ1) is 13.9. The lowest BCUT2D eigenvalue weighted by Gasteiger charge is -2.28. The minimum Gasteiger partial charge on any atom is -0.387 e. The van der Waals surface area contributed by atoms with E-state index in [1.165, 1.54) is 64.5 Å². The van der Waals surface area contributed by atoms with Gasteiger partial charge in [-0.25, -0.2) is 0 Å². The highest BCUT2D eigenvalue weighted by molar-refractivity contribution is 5.82. The van der Waals surface area contributed by atoms with Crippen LogP contribution in [0.3, 0.4) is 0 Å². The lowest BCUT2D eigenvalue weighted by Crippen LogP contribution is -2.30. The quantitative estimate of drug-likeness (QED) is 0.616. The van der Waals surface area contributed by atoms with Gasteiger partial charge in [0.05, 0.1) is 5.84 Å². The molecular weight excluding hydrogens is 222 g/mol. The van der Waals surface area contributed by atoms with Crippen molar-refractivity contribution >= 4 is 5.84 Å². The molecule has 2 aliphatic rings. The molecule has 0 bridgehead atoms. The summed E-state index contributed by atoms with van der Waals surface area (Å²) in [5.41, 5.74) is 6.13. The van der Waals surface area contributed by atoms with Crippen LogP contribution in [0.2, 0.25) is 0 Å². The second kappa shape index (κ2) is 7.13. The van der Waals surface area contributed by atoms with Gasteiger partial charge in [0.2, 0.25) is 0 Å². The molecule has 0 atom stereocenters. The molecule has 1 saturated carbocycles. The molecule has 0 unspecified atom stereocenters. The molecule has 1 saturated heterocycles. The van der Waals surface area contributed by atoms with Crippen LogP contribution in [0, 0.1) is 11.8 Å². The van der Waals surface area contributed by atoms with Crippen LogP contribution in [0.1, 0.15) is 51.4 Å². The van der Waals surface area contributed by atoms with E-state index in [9.17, 15) is 0 Å². The van der Waals surface area contributed by atoms with E-state index in [4.69, 9.17) is 5.73 Å². The van der Waals surface area contributed by atoms with Gasteiger partial charge in [0.25, 0.3) is 0 Å². The molecule has 18 heavy (non-hydrogen) atoms. The van der Waals surface area contributed by atoms with E-state index in [0.29, 0.717) is 5.92 Å². The SMILES string of the molecule is CN1CCC(CCN=C(N)C2CCCCC2)CC1. The van der Waals surface area contributed by atoms with Gasteiger partial charge in [-0.3, -0.25) is 4.99 Å². The predicted octanol–water partition coefficient (Wildman–Crippen LogP) is 2.66. The summed E-state index contributed by atoms with van der Waals surface area (Å²) in [5.74, 6) is 2.42. The van der Waals surface area contributed by atoms with Crippen molar-refractivity contribution in [2.24, 2.45) is 22.6 Å². The largest absolute Gasteiger partial charge is 0.387 e. The zero-order valence-corrected chi connectivity index (χ0v) is 11.9. The Morgan fingerprint density at radius 3 is 2.44 bits per heavy atom. The summed E-state index contributed by atoms with van der Waals surface area (Å²) >= 11 is 0. The summed E-state index contributed by atoms with van der Waals surface area (Å²) < 4.78 is 0. The zero-order chi connectivity index (χ0) is 12.8. The van der Waals surface area contributed by atoms with E-state index >= 15 is 0 Å². The van der Waals surface area contributed by atoms with Gasteiger partial charge in [0.1, 0.15) is 0 Å². The van der Waals surface area contributed by atoms with Gasteiger partial charge in [0, 0.05) is 12.5 Å². The Kier molecular flexibility index (Phi) is 5.48. The summed E-state index contributed by atoms with van der Waals surface area (Å²) in [4.78, 5) is 7.07.